The molecule has 0 unspecified atom stereocenters. The Morgan fingerprint density at radius 3 is 1.34 bits per heavy atom. The number of aliphatic hydroxyl groups excluding tert-OH is 2. The third kappa shape index (κ3) is 27.6. The molecule has 0 fully saturated rings. The molecule has 0 saturated heterocycles. The van der Waals surface area contributed by atoms with Crippen molar-refractivity contribution in [2.75, 3.05) is 26.3 Å². The molecule has 82 heavy (non-hydrogen) atoms. The van der Waals surface area contributed by atoms with Gasteiger partial charge in [0.05, 0.1) is 25.7 Å². The van der Waals surface area contributed by atoms with Gasteiger partial charge < -0.3 is 90.8 Å². The molecule has 0 aliphatic carbocycles. The van der Waals surface area contributed by atoms with Gasteiger partial charge >= 0.3 is 11.9 Å². The SMILES string of the molecule is CC(C)C[C@H](NC(=O)[C@H](C)N)C(=O)N[C@@H](CO)C(=O)N[C@@H](CC(C)C)C(=O)N[C@@H](CO)C(=O)N[C@@H](CC(N)=O)C(=O)N[C@@H](CCCCN)C(=O)N[C@@H](Cc1ccccc1)C(=O)N[C@H](C(=O)N[C@@H](CCC(=O)O)C(=O)NCC(=O)O)C(C)C. The minimum atomic E-state index is -1.86. The average Bonchev–Trinajstić information content (AvgIpc) is 3.40. The molecule has 0 radical (unpaired) electrons. The van der Waals surface area contributed by atoms with E-state index in [0.717, 1.165) is 0 Å². The van der Waals surface area contributed by atoms with Crippen molar-refractivity contribution in [3.63, 3.8) is 0 Å². The number of aliphatic carboxylic acids is 2. The molecule has 10 atom stereocenters. The highest BCUT2D eigenvalue weighted by Crippen LogP contribution is 2.12. The number of hydrogen-bond acceptors (Lipinski definition) is 17. The van der Waals surface area contributed by atoms with Crippen LogP contribution >= 0.6 is 0 Å². The van der Waals surface area contributed by atoms with Gasteiger partial charge in [0.2, 0.25) is 65.0 Å². The molecule has 11 amide bonds. The Morgan fingerprint density at radius 2 is 0.890 bits per heavy atom. The number of unbranched alkanes of at least 4 members (excludes halogenated alkanes) is 1. The minimum Gasteiger partial charge on any atom is -0.481 e. The van der Waals surface area contributed by atoms with Gasteiger partial charge in [0, 0.05) is 12.8 Å². The number of rotatable bonds is 39. The van der Waals surface area contributed by atoms with Crippen LogP contribution in [0.5, 0.6) is 0 Å². The third-order valence-corrected chi connectivity index (χ3v) is 12.2. The molecule has 0 saturated carbocycles. The monoisotopic (exact) mass is 1160 g/mol. The standard InChI is InChI=1S/C52H85N13O17/c1-26(2)19-33(59-43(73)29(7)54)46(76)63-37(24-66)50(80)60-34(20-27(3)4)47(77)64-38(25-67)51(81)62-36(22-39(55)68)48(78)57-31(15-11-12-18-53)45(75)61-35(21-30-13-9-8-10-14-30)49(79)65-42(28(5)6)52(82)58-32(16-17-40(69)70)44(74)56-23-41(71)72/h8-10,13-14,26-29,31-38,42,66-67H,11-12,15-25,53-54H2,1-7H3,(H2,55,68)(H,56,74)(H,57,78)(H,58,82)(H,59,73)(H,60,80)(H,61,75)(H,62,81)(H,63,76)(H,64,77)(H,65,79)(H,69,70)(H,71,72)/t29-,31-,32-,33-,34-,35-,36-,37-,38-,42-/m0/s1. The molecule has 30 nitrogen and oxygen atoms in total. The van der Waals surface area contributed by atoms with Gasteiger partial charge in [-0.3, -0.25) is 62.3 Å². The maximum Gasteiger partial charge on any atom is 0.322 e. The van der Waals surface area contributed by atoms with E-state index in [4.69, 9.17) is 22.3 Å². The summed E-state index contributed by atoms with van der Waals surface area (Å²) < 4.78 is 0. The second kappa shape index (κ2) is 37.2. The Morgan fingerprint density at radius 1 is 0.476 bits per heavy atom. The van der Waals surface area contributed by atoms with E-state index in [0.29, 0.717) is 12.0 Å². The summed E-state index contributed by atoms with van der Waals surface area (Å²) in [5.74, 6) is -14.8. The van der Waals surface area contributed by atoms with Crippen molar-refractivity contribution in [3.8, 4) is 0 Å². The molecule has 0 bridgehead atoms. The fourth-order valence-corrected chi connectivity index (χ4v) is 7.84. The number of benzene rings is 1. The predicted octanol–water partition coefficient (Wildman–Crippen LogP) is -5.26. The van der Waals surface area contributed by atoms with Crippen molar-refractivity contribution >= 4 is 76.9 Å². The number of amides is 11. The molecule has 460 valence electrons. The summed E-state index contributed by atoms with van der Waals surface area (Å²) in [4.78, 5) is 171. The van der Waals surface area contributed by atoms with Gasteiger partial charge in [-0.05, 0) is 75.3 Å². The fourth-order valence-electron chi connectivity index (χ4n) is 7.84. The lowest BCUT2D eigenvalue weighted by Crippen LogP contribution is -2.62. The first kappa shape index (κ1) is 72.2. The van der Waals surface area contributed by atoms with E-state index < -0.39 is 182 Å². The van der Waals surface area contributed by atoms with Crippen LogP contribution in [-0.2, 0) is 68.7 Å². The molecule has 0 heterocycles. The largest absolute Gasteiger partial charge is 0.481 e. The first-order chi connectivity index (χ1) is 38.4. The molecular weight excluding hydrogens is 1080 g/mol. The van der Waals surface area contributed by atoms with E-state index in [2.05, 4.69) is 53.2 Å². The average molecular weight is 1160 g/mol. The van der Waals surface area contributed by atoms with Crippen LogP contribution in [0.2, 0.25) is 0 Å². The summed E-state index contributed by atoms with van der Waals surface area (Å²) >= 11 is 0. The van der Waals surface area contributed by atoms with Crippen molar-refractivity contribution in [1.82, 2.24) is 53.2 Å². The van der Waals surface area contributed by atoms with Crippen molar-refractivity contribution in [2.24, 2.45) is 35.0 Å². The fraction of sp³-hybridized carbons (Fsp3) is 0.635. The second-order valence-electron chi connectivity index (χ2n) is 20.8. The number of primary amides is 1. The lowest BCUT2D eigenvalue weighted by Gasteiger charge is -2.29. The number of hydrogen-bond donors (Lipinski definition) is 17. The van der Waals surface area contributed by atoms with E-state index >= 15 is 0 Å². The smallest absolute Gasteiger partial charge is 0.322 e. The quantitative estimate of drug-likeness (QED) is 0.0274. The Kier molecular flexibility index (Phi) is 32.8. The van der Waals surface area contributed by atoms with Crippen molar-refractivity contribution in [2.45, 2.75) is 167 Å². The van der Waals surface area contributed by atoms with Crippen LogP contribution in [0.15, 0.2) is 30.3 Å². The van der Waals surface area contributed by atoms with E-state index in [1.165, 1.54) is 20.8 Å². The van der Waals surface area contributed by atoms with Crippen LogP contribution in [0.3, 0.4) is 0 Å². The van der Waals surface area contributed by atoms with Crippen LogP contribution in [0, 0.1) is 17.8 Å². The molecule has 1 aromatic rings. The molecule has 0 spiro atoms. The van der Waals surface area contributed by atoms with E-state index in [1.807, 2.05) is 0 Å². The molecular formula is C52H85N13O17. The predicted molar refractivity (Wildman–Crippen MR) is 293 cm³/mol. The first-order valence-electron chi connectivity index (χ1n) is 26.9. The molecule has 0 aliphatic rings. The van der Waals surface area contributed by atoms with Gasteiger partial charge in [-0.25, -0.2) is 0 Å². The minimum absolute atomic E-state index is 0.0834. The Labute approximate surface area is 475 Å². The first-order valence-corrected chi connectivity index (χ1v) is 26.9. The summed E-state index contributed by atoms with van der Waals surface area (Å²) in [7, 11) is 0. The van der Waals surface area contributed by atoms with Crippen molar-refractivity contribution in [1.29, 1.82) is 0 Å². The summed E-state index contributed by atoms with van der Waals surface area (Å²) in [6, 6.07) is -6.66. The summed E-state index contributed by atoms with van der Waals surface area (Å²) in [5, 5.41) is 62.6. The Bertz CT molecular complexity index is 2340. The number of carboxylic acid groups (broad SMARTS) is 2. The van der Waals surface area contributed by atoms with Gasteiger partial charge in [-0.1, -0.05) is 71.9 Å². The highest BCUT2D eigenvalue weighted by molar-refractivity contribution is 6.00. The van der Waals surface area contributed by atoms with Crippen LogP contribution in [0.4, 0.5) is 0 Å². The van der Waals surface area contributed by atoms with Crippen molar-refractivity contribution < 1.29 is 82.8 Å². The lowest BCUT2D eigenvalue weighted by molar-refractivity contribution is -0.140. The van der Waals surface area contributed by atoms with Crippen LogP contribution in [-0.4, -0.2) is 184 Å². The number of aliphatic hydroxyl groups is 2. The Hall–Kier alpha value is -7.83. The lowest BCUT2D eigenvalue weighted by atomic mass is 9.99. The molecule has 1 aromatic carbocycles. The maximum absolute atomic E-state index is 14.3. The number of nitrogens with two attached hydrogens (primary N) is 3. The summed E-state index contributed by atoms with van der Waals surface area (Å²) in [5.41, 5.74) is 17.4. The van der Waals surface area contributed by atoms with Crippen LogP contribution in [0.25, 0.3) is 0 Å². The van der Waals surface area contributed by atoms with Gasteiger partial charge in [0.1, 0.15) is 60.9 Å². The molecule has 1 rings (SSSR count). The number of carbonyl (C=O) groups excluding carboxylic acids is 11. The van der Waals surface area contributed by atoms with Gasteiger partial charge in [0.15, 0.2) is 0 Å². The van der Waals surface area contributed by atoms with Crippen LogP contribution in [0.1, 0.15) is 105 Å². The number of carbonyl (C=O) groups is 13. The Balaban J connectivity index is 3.50. The number of nitrogens with one attached hydrogen (secondary N) is 10. The molecule has 20 N–H and O–H groups in total. The molecule has 0 aromatic heterocycles. The number of carboxylic acids is 2. The zero-order valence-electron chi connectivity index (χ0n) is 47.4. The van der Waals surface area contributed by atoms with Gasteiger partial charge in [-0.2, -0.15) is 0 Å². The zero-order valence-corrected chi connectivity index (χ0v) is 47.4. The highest BCUT2D eigenvalue weighted by Gasteiger charge is 2.37. The van der Waals surface area contributed by atoms with E-state index in [1.54, 1.807) is 58.0 Å². The highest BCUT2D eigenvalue weighted by atomic mass is 16.4. The summed E-state index contributed by atoms with van der Waals surface area (Å²) in [6.07, 6.45) is -1.67. The topological polar surface area (TPSA) is 501 Å². The van der Waals surface area contributed by atoms with Crippen LogP contribution < -0.4 is 70.4 Å². The third-order valence-electron chi connectivity index (χ3n) is 12.2. The molecule has 0 aliphatic heterocycles. The van der Waals surface area contributed by atoms with Gasteiger partial charge in [0.25, 0.3) is 0 Å². The normalized spacial score (nSPS) is 14.8. The van der Waals surface area contributed by atoms with Gasteiger partial charge in [-0.15, -0.1) is 0 Å². The maximum atomic E-state index is 14.3. The summed E-state index contributed by atoms with van der Waals surface area (Å²) in [6.45, 7) is 8.68. The van der Waals surface area contributed by atoms with E-state index in [-0.39, 0.29) is 50.5 Å². The second-order valence-corrected chi connectivity index (χ2v) is 20.8. The molecule has 30 heteroatoms. The van der Waals surface area contributed by atoms with E-state index in [9.17, 15) is 77.6 Å². The zero-order chi connectivity index (χ0) is 62.4. The van der Waals surface area contributed by atoms with Crippen molar-refractivity contribution in [3.05, 3.63) is 35.9 Å².